The molecule has 1 aromatic carbocycles. The van der Waals surface area contributed by atoms with Crippen molar-refractivity contribution in [2.45, 2.75) is 25.4 Å². The highest BCUT2D eigenvalue weighted by Gasteiger charge is 2.43. The fraction of sp³-hybridized carbons (Fsp3) is 0.417. The molecule has 2 nitrogen and oxygen atoms in total. The SMILES string of the molecule is CN1C(=O)C(C)(C)c2cc(C(F)(F)F)ccc21. The zero-order valence-corrected chi connectivity index (χ0v) is 9.72. The van der Waals surface area contributed by atoms with Crippen molar-refractivity contribution in [1.82, 2.24) is 0 Å². The van der Waals surface area contributed by atoms with E-state index in [0.717, 1.165) is 12.1 Å². The number of nitrogens with zero attached hydrogens (tertiary/aromatic N) is 1. The average molecular weight is 243 g/mol. The molecule has 0 bridgehead atoms. The zero-order chi connectivity index (χ0) is 13.0. The van der Waals surface area contributed by atoms with Crippen LogP contribution in [0.1, 0.15) is 25.0 Å². The highest BCUT2D eigenvalue weighted by atomic mass is 19.4. The molecule has 1 aliphatic rings. The van der Waals surface area contributed by atoms with Gasteiger partial charge in [-0.25, -0.2) is 0 Å². The van der Waals surface area contributed by atoms with Gasteiger partial charge in [0.05, 0.1) is 11.0 Å². The van der Waals surface area contributed by atoms with Gasteiger partial charge in [-0.15, -0.1) is 0 Å². The van der Waals surface area contributed by atoms with Gasteiger partial charge in [0.1, 0.15) is 0 Å². The molecule has 0 saturated carbocycles. The molecule has 0 spiro atoms. The molecule has 1 aliphatic heterocycles. The number of carbonyl (C=O) groups excluding carboxylic acids is 1. The van der Waals surface area contributed by atoms with Crippen LogP contribution >= 0.6 is 0 Å². The van der Waals surface area contributed by atoms with E-state index in [-0.39, 0.29) is 5.91 Å². The van der Waals surface area contributed by atoms with Gasteiger partial charge < -0.3 is 4.90 Å². The van der Waals surface area contributed by atoms with Gasteiger partial charge >= 0.3 is 6.18 Å². The molecule has 2 rings (SSSR count). The Labute approximate surface area is 97.0 Å². The summed E-state index contributed by atoms with van der Waals surface area (Å²) in [6, 6.07) is 3.42. The van der Waals surface area contributed by atoms with E-state index in [1.165, 1.54) is 11.0 Å². The Bertz CT molecular complexity index is 491. The largest absolute Gasteiger partial charge is 0.416 e. The third-order valence-corrected chi connectivity index (χ3v) is 3.20. The summed E-state index contributed by atoms with van der Waals surface area (Å²) in [6.07, 6.45) is -4.38. The Kier molecular flexibility index (Phi) is 2.28. The molecule has 5 heteroatoms. The van der Waals surface area contributed by atoms with Gasteiger partial charge in [-0.05, 0) is 37.6 Å². The van der Waals surface area contributed by atoms with E-state index in [4.69, 9.17) is 0 Å². The number of likely N-dealkylation sites (N-methyl/N-ethyl adjacent to an activating group) is 1. The molecular weight excluding hydrogens is 231 g/mol. The number of rotatable bonds is 0. The first kappa shape index (κ1) is 12.0. The fourth-order valence-corrected chi connectivity index (χ4v) is 2.15. The highest BCUT2D eigenvalue weighted by Crippen LogP contribution is 2.43. The first-order valence-corrected chi connectivity index (χ1v) is 5.15. The fourth-order valence-electron chi connectivity index (χ4n) is 2.15. The normalized spacial score (nSPS) is 18.5. The van der Waals surface area contributed by atoms with Crippen molar-refractivity contribution in [2.24, 2.45) is 0 Å². The predicted molar refractivity (Wildman–Crippen MR) is 57.9 cm³/mol. The Balaban J connectivity index is 2.63. The maximum absolute atomic E-state index is 12.6. The second kappa shape index (κ2) is 3.24. The van der Waals surface area contributed by atoms with E-state index in [0.29, 0.717) is 11.3 Å². The number of fused-ring (bicyclic) bond motifs is 1. The Morgan fingerprint density at radius 1 is 1.24 bits per heavy atom. The molecule has 1 heterocycles. The highest BCUT2D eigenvalue weighted by molar-refractivity contribution is 6.07. The zero-order valence-electron chi connectivity index (χ0n) is 9.72. The smallest absolute Gasteiger partial charge is 0.314 e. The van der Waals surface area contributed by atoms with Crippen molar-refractivity contribution in [3.8, 4) is 0 Å². The second-order valence-corrected chi connectivity index (χ2v) is 4.72. The van der Waals surface area contributed by atoms with Crippen LogP contribution in [0.5, 0.6) is 0 Å². The van der Waals surface area contributed by atoms with Gasteiger partial charge in [0.15, 0.2) is 0 Å². The predicted octanol–water partition coefficient (Wildman–Crippen LogP) is 2.96. The molecule has 1 aromatic rings. The maximum atomic E-state index is 12.6. The summed E-state index contributed by atoms with van der Waals surface area (Å²) in [5.41, 5.74) is -0.633. The molecular formula is C12H12F3NO. The van der Waals surface area contributed by atoms with E-state index < -0.39 is 17.2 Å². The number of anilines is 1. The molecule has 0 aliphatic carbocycles. The van der Waals surface area contributed by atoms with Crippen molar-refractivity contribution in [1.29, 1.82) is 0 Å². The van der Waals surface area contributed by atoms with E-state index in [2.05, 4.69) is 0 Å². The summed E-state index contributed by atoms with van der Waals surface area (Å²) >= 11 is 0. The number of amides is 1. The van der Waals surface area contributed by atoms with Crippen LogP contribution in [0.2, 0.25) is 0 Å². The summed E-state index contributed by atoms with van der Waals surface area (Å²) in [6.45, 7) is 3.27. The van der Waals surface area contributed by atoms with Crippen molar-refractivity contribution in [2.75, 3.05) is 11.9 Å². The summed E-state index contributed by atoms with van der Waals surface area (Å²) in [5.74, 6) is -0.188. The summed E-state index contributed by atoms with van der Waals surface area (Å²) in [4.78, 5) is 13.3. The van der Waals surface area contributed by atoms with E-state index in [1.807, 2.05) is 0 Å². The lowest BCUT2D eigenvalue weighted by molar-refractivity contribution is -0.137. The van der Waals surface area contributed by atoms with Crippen molar-refractivity contribution >= 4 is 11.6 Å². The summed E-state index contributed by atoms with van der Waals surface area (Å²) < 4.78 is 37.8. The number of hydrogen-bond acceptors (Lipinski definition) is 1. The number of halogens is 3. The minimum Gasteiger partial charge on any atom is -0.314 e. The lowest BCUT2D eigenvalue weighted by atomic mass is 9.85. The van der Waals surface area contributed by atoms with Crippen molar-refractivity contribution < 1.29 is 18.0 Å². The number of carbonyl (C=O) groups is 1. The van der Waals surface area contributed by atoms with E-state index in [1.54, 1.807) is 20.9 Å². The van der Waals surface area contributed by atoms with Crippen LogP contribution in [-0.2, 0) is 16.4 Å². The number of benzene rings is 1. The molecule has 0 aromatic heterocycles. The average Bonchev–Trinajstić information content (AvgIpc) is 2.39. The Morgan fingerprint density at radius 3 is 2.35 bits per heavy atom. The number of alkyl halides is 3. The van der Waals surface area contributed by atoms with Crippen LogP contribution in [0, 0.1) is 0 Å². The Hall–Kier alpha value is -1.52. The molecule has 0 atom stereocenters. The minimum absolute atomic E-state index is 0.188. The van der Waals surface area contributed by atoms with E-state index >= 15 is 0 Å². The topological polar surface area (TPSA) is 20.3 Å². The molecule has 0 radical (unpaired) electrons. The Morgan fingerprint density at radius 2 is 1.82 bits per heavy atom. The van der Waals surface area contributed by atoms with Crippen molar-refractivity contribution in [3.05, 3.63) is 29.3 Å². The van der Waals surface area contributed by atoms with Crippen LogP contribution in [0.3, 0.4) is 0 Å². The molecule has 92 valence electrons. The lowest BCUT2D eigenvalue weighted by Gasteiger charge is -2.17. The van der Waals surface area contributed by atoms with Crippen LogP contribution < -0.4 is 4.90 Å². The first-order valence-electron chi connectivity index (χ1n) is 5.15. The summed E-state index contributed by atoms with van der Waals surface area (Å²) in [7, 11) is 1.57. The standard InChI is InChI=1S/C12H12F3NO/c1-11(2)8-6-7(12(13,14)15)4-5-9(8)16(3)10(11)17/h4-6H,1-3H3. The van der Waals surface area contributed by atoms with Gasteiger partial charge in [-0.3, -0.25) is 4.79 Å². The maximum Gasteiger partial charge on any atom is 0.416 e. The molecule has 0 N–H and O–H groups in total. The molecule has 0 fully saturated rings. The quantitative estimate of drug-likeness (QED) is 0.686. The lowest BCUT2D eigenvalue weighted by Crippen LogP contribution is -2.33. The van der Waals surface area contributed by atoms with Crippen LogP contribution in [0.25, 0.3) is 0 Å². The van der Waals surface area contributed by atoms with E-state index in [9.17, 15) is 18.0 Å². The molecule has 0 saturated heterocycles. The van der Waals surface area contributed by atoms with Gasteiger partial charge in [0.2, 0.25) is 5.91 Å². The number of hydrogen-bond donors (Lipinski definition) is 0. The van der Waals surface area contributed by atoms with Crippen LogP contribution in [-0.4, -0.2) is 13.0 Å². The third kappa shape index (κ3) is 1.61. The second-order valence-electron chi connectivity index (χ2n) is 4.72. The molecule has 17 heavy (non-hydrogen) atoms. The monoisotopic (exact) mass is 243 g/mol. The van der Waals surface area contributed by atoms with Gasteiger partial charge in [-0.1, -0.05) is 0 Å². The minimum atomic E-state index is -4.38. The first-order chi connectivity index (χ1) is 7.65. The van der Waals surface area contributed by atoms with Gasteiger partial charge in [0, 0.05) is 12.7 Å². The molecule has 0 unspecified atom stereocenters. The molecule has 1 amide bonds. The van der Waals surface area contributed by atoms with Crippen LogP contribution in [0.4, 0.5) is 18.9 Å². The summed E-state index contributed by atoms with van der Waals surface area (Å²) in [5, 5.41) is 0. The van der Waals surface area contributed by atoms with Gasteiger partial charge in [-0.2, -0.15) is 13.2 Å². The third-order valence-electron chi connectivity index (χ3n) is 3.20. The van der Waals surface area contributed by atoms with Crippen molar-refractivity contribution in [3.63, 3.8) is 0 Å². The van der Waals surface area contributed by atoms with Gasteiger partial charge in [0.25, 0.3) is 0 Å². The van der Waals surface area contributed by atoms with Crippen LogP contribution in [0.15, 0.2) is 18.2 Å².